The van der Waals surface area contributed by atoms with Crippen LogP contribution in [-0.2, 0) is 0 Å². The maximum atomic E-state index is 11.2. The Bertz CT molecular complexity index is 1640. The Labute approximate surface area is 243 Å². The molecule has 212 valence electrons. The van der Waals surface area contributed by atoms with Crippen molar-refractivity contribution in [3.8, 4) is 34.5 Å². The van der Waals surface area contributed by atoms with Gasteiger partial charge in [0.05, 0.1) is 53.0 Å². The minimum Gasteiger partial charge on any atom is -0.507 e. The molecule has 1 unspecified atom stereocenters. The first kappa shape index (κ1) is 27.9. The molecule has 5 rings (SSSR count). The lowest BCUT2D eigenvalue weighted by Gasteiger charge is -2.27. The number of phenols is 1. The van der Waals surface area contributed by atoms with Gasteiger partial charge in [-0.25, -0.2) is 5.01 Å². The molecule has 0 aliphatic carbocycles. The molecule has 1 aliphatic heterocycles. The van der Waals surface area contributed by atoms with Crippen LogP contribution >= 0.6 is 12.2 Å². The van der Waals surface area contributed by atoms with E-state index < -0.39 is 0 Å². The van der Waals surface area contributed by atoms with E-state index >= 15 is 0 Å². The van der Waals surface area contributed by atoms with E-state index in [9.17, 15) is 5.11 Å². The highest BCUT2D eigenvalue weighted by molar-refractivity contribution is 7.80. The second kappa shape index (κ2) is 11.8. The second-order valence-corrected chi connectivity index (χ2v) is 9.60. The van der Waals surface area contributed by atoms with E-state index in [0.717, 1.165) is 16.3 Å². The van der Waals surface area contributed by atoms with Crippen molar-refractivity contribution in [3.05, 3.63) is 77.9 Å². The molecule has 0 spiro atoms. The fourth-order valence-corrected chi connectivity index (χ4v) is 5.33. The van der Waals surface area contributed by atoms with E-state index in [2.05, 4.69) is 5.32 Å². The van der Waals surface area contributed by atoms with Gasteiger partial charge in [0, 0.05) is 29.0 Å². The first-order chi connectivity index (χ1) is 19.9. The zero-order chi connectivity index (χ0) is 29.1. The molecule has 1 atom stereocenters. The van der Waals surface area contributed by atoms with E-state index in [1.54, 1.807) is 52.7 Å². The summed E-state index contributed by atoms with van der Waals surface area (Å²) < 4.78 is 27.8. The highest BCUT2D eigenvalue weighted by Crippen LogP contribution is 2.44. The van der Waals surface area contributed by atoms with Gasteiger partial charge in [0.2, 0.25) is 5.75 Å². The molecular formula is C31H31N3O6S. The molecule has 0 saturated carbocycles. The fraction of sp³-hybridized carbons (Fsp3) is 0.226. The molecule has 0 aromatic heterocycles. The van der Waals surface area contributed by atoms with Crippen molar-refractivity contribution in [1.29, 1.82) is 0 Å². The van der Waals surface area contributed by atoms with E-state index in [1.807, 2.05) is 54.6 Å². The molecule has 2 N–H and O–H groups in total. The average Bonchev–Trinajstić information content (AvgIpc) is 3.45. The lowest BCUT2D eigenvalue weighted by Crippen LogP contribution is -2.31. The molecule has 0 fully saturated rings. The normalized spacial score (nSPS) is 14.4. The number of nitrogens with zero attached hydrogens (tertiary/aromatic N) is 2. The molecule has 1 heterocycles. The number of rotatable bonds is 8. The van der Waals surface area contributed by atoms with Crippen molar-refractivity contribution in [1.82, 2.24) is 5.01 Å². The lowest BCUT2D eigenvalue weighted by atomic mass is 9.95. The Kier molecular flexibility index (Phi) is 8.02. The average molecular weight is 574 g/mol. The maximum absolute atomic E-state index is 11.2. The molecule has 9 nitrogen and oxygen atoms in total. The monoisotopic (exact) mass is 573 g/mol. The van der Waals surface area contributed by atoms with E-state index in [0.29, 0.717) is 57.2 Å². The number of hydrogen-bond donors (Lipinski definition) is 2. The predicted octanol–water partition coefficient (Wildman–Crippen LogP) is 6.14. The smallest absolute Gasteiger partial charge is 0.205 e. The minimum absolute atomic E-state index is 0.171. The SMILES string of the molecule is COc1ccc(C2CC(c3ccc4ccccc4c3O)=NN2C(=S)Nc2ccc(OC)c(OC)c2OC)c(OC)c1. The molecule has 0 saturated heterocycles. The Morgan fingerprint density at radius 1 is 0.854 bits per heavy atom. The van der Waals surface area contributed by atoms with Crippen LogP contribution in [0.1, 0.15) is 23.6 Å². The number of aromatic hydroxyl groups is 1. The van der Waals surface area contributed by atoms with Gasteiger partial charge in [-0.1, -0.05) is 30.3 Å². The van der Waals surface area contributed by atoms with Gasteiger partial charge in [-0.15, -0.1) is 0 Å². The van der Waals surface area contributed by atoms with Crippen molar-refractivity contribution in [2.45, 2.75) is 12.5 Å². The standard InChI is InChI=1S/C31H31N3O6S/c1-36-19-11-13-22(27(16-19)38-3)25-17-24(21-12-10-18-8-6-7-9-20(18)28(21)35)33-34(25)31(41)32-23-14-15-26(37-2)30(40-5)29(23)39-4/h6-16,25,35H,17H2,1-5H3,(H,32,41). The third-order valence-electron chi connectivity index (χ3n) is 7.08. The van der Waals surface area contributed by atoms with Crippen molar-refractivity contribution < 1.29 is 28.8 Å². The van der Waals surface area contributed by atoms with Crippen LogP contribution in [0.2, 0.25) is 0 Å². The first-order valence-electron chi connectivity index (χ1n) is 12.8. The topological polar surface area (TPSA) is 94.0 Å². The van der Waals surface area contributed by atoms with Gasteiger partial charge in [-0.3, -0.25) is 0 Å². The largest absolute Gasteiger partial charge is 0.507 e. The number of hydrazone groups is 1. The van der Waals surface area contributed by atoms with Crippen LogP contribution < -0.4 is 29.0 Å². The molecule has 4 aromatic rings. The van der Waals surface area contributed by atoms with Crippen molar-refractivity contribution in [3.63, 3.8) is 0 Å². The van der Waals surface area contributed by atoms with Gasteiger partial charge in [0.25, 0.3) is 0 Å². The molecule has 41 heavy (non-hydrogen) atoms. The van der Waals surface area contributed by atoms with Crippen LogP contribution in [0.5, 0.6) is 34.5 Å². The highest BCUT2D eigenvalue weighted by atomic mass is 32.1. The van der Waals surface area contributed by atoms with Crippen LogP contribution in [0.3, 0.4) is 0 Å². The van der Waals surface area contributed by atoms with Crippen LogP contribution in [0.15, 0.2) is 71.8 Å². The molecule has 0 radical (unpaired) electrons. The summed E-state index contributed by atoms with van der Waals surface area (Å²) in [6, 6.07) is 20.4. The first-order valence-corrected chi connectivity index (χ1v) is 13.2. The Hall–Kier alpha value is -4.70. The van der Waals surface area contributed by atoms with Crippen LogP contribution in [-0.4, -0.2) is 56.5 Å². The quantitative estimate of drug-likeness (QED) is 0.241. The number of nitrogens with one attached hydrogen (secondary N) is 1. The van der Waals surface area contributed by atoms with Crippen LogP contribution in [0.4, 0.5) is 5.69 Å². The molecule has 0 bridgehead atoms. The number of thiocarbonyl (C=S) groups is 1. The third-order valence-corrected chi connectivity index (χ3v) is 7.36. The zero-order valence-corrected chi connectivity index (χ0v) is 24.2. The number of ether oxygens (including phenoxy) is 5. The summed E-state index contributed by atoms with van der Waals surface area (Å²) in [4.78, 5) is 0. The minimum atomic E-state index is -0.345. The van der Waals surface area contributed by atoms with E-state index in [4.69, 9.17) is 41.0 Å². The van der Waals surface area contributed by atoms with Gasteiger partial charge in [0.1, 0.15) is 17.2 Å². The summed E-state index contributed by atoms with van der Waals surface area (Å²) in [5, 5.41) is 23.2. The second-order valence-electron chi connectivity index (χ2n) is 9.21. The van der Waals surface area contributed by atoms with Crippen molar-refractivity contribution in [2.75, 3.05) is 40.9 Å². The van der Waals surface area contributed by atoms with Gasteiger partial charge >= 0.3 is 0 Å². The third kappa shape index (κ3) is 5.14. The van der Waals surface area contributed by atoms with Gasteiger partial charge in [-0.05, 0) is 47.9 Å². The summed E-state index contributed by atoms with van der Waals surface area (Å²) >= 11 is 5.91. The van der Waals surface area contributed by atoms with Gasteiger partial charge in [-0.2, -0.15) is 5.10 Å². The molecule has 0 amide bonds. The maximum Gasteiger partial charge on any atom is 0.205 e. The number of phenolic OH excluding ortho intramolecular Hbond substituents is 1. The fourth-order valence-electron chi connectivity index (χ4n) is 5.06. The van der Waals surface area contributed by atoms with E-state index in [-0.39, 0.29) is 11.8 Å². The number of hydrogen-bond acceptors (Lipinski definition) is 8. The van der Waals surface area contributed by atoms with Crippen molar-refractivity contribution >= 4 is 39.5 Å². The summed E-state index contributed by atoms with van der Waals surface area (Å²) in [5.74, 6) is 2.86. The summed E-state index contributed by atoms with van der Waals surface area (Å²) in [7, 11) is 7.87. The molecule has 10 heteroatoms. The number of anilines is 1. The Balaban J connectivity index is 1.58. The highest BCUT2D eigenvalue weighted by Gasteiger charge is 2.35. The van der Waals surface area contributed by atoms with Gasteiger partial charge in [0.15, 0.2) is 16.6 Å². The molecule has 4 aromatic carbocycles. The Morgan fingerprint density at radius 3 is 2.32 bits per heavy atom. The summed E-state index contributed by atoms with van der Waals surface area (Å²) in [6.07, 6.45) is 0.458. The summed E-state index contributed by atoms with van der Waals surface area (Å²) in [6.45, 7) is 0. The number of fused-ring (bicyclic) bond motifs is 1. The lowest BCUT2D eigenvalue weighted by molar-refractivity contribution is 0.325. The zero-order valence-electron chi connectivity index (χ0n) is 23.4. The Morgan fingerprint density at radius 2 is 1.61 bits per heavy atom. The van der Waals surface area contributed by atoms with Crippen LogP contribution in [0, 0.1) is 0 Å². The number of benzene rings is 4. The number of methoxy groups -OCH3 is 5. The predicted molar refractivity (Wildman–Crippen MR) is 163 cm³/mol. The van der Waals surface area contributed by atoms with E-state index in [1.165, 1.54) is 0 Å². The van der Waals surface area contributed by atoms with Gasteiger partial charge < -0.3 is 34.1 Å². The molecular weight excluding hydrogens is 542 g/mol. The molecule has 1 aliphatic rings. The van der Waals surface area contributed by atoms with Crippen LogP contribution in [0.25, 0.3) is 10.8 Å². The van der Waals surface area contributed by atoms with Crippen molar-refractivity contribution in [2.24, 2.45) is 5.10 Å². The summed E-state index contributed by atoms with van der Waals surface area (Å²) in [5.41, 5.74) is 2.75.